The molecule has 1 heterocycles. The number of sulfonamides is 1. The lowest BCUT2D eigenvalue weighted by Gasteiger charge is -2.07. The van der Waals surface area contributed by atoms with Gasteiger partial charge in [-0.2, -0.15) is 0 Å². The molecule has 1 aromatic heterocycles. The summed E-state index contributed by atoms with van der Waals surface area (Å²) in [4.78, 5) is 21.8. The number of amides is 1. The Bertz CT molecular complexity index is 929. The predicted octanol–water partition coefficient (Wildman–Crippen LogP) is 1.67. The van der Waals surface area contributed by atoms with E-state index in [0.717, 1.165) is 6.08 Å². The molecule has 1 amide bonds. The molecule has 132 valence electrons. The molecule has 2 rings (SSSR count). The molecule has 0 fully saturated rings. The Morgan fingerprint density at radius 1 is 1.16 bits per heavy atom. The molecular formula is C15H15N3O6S. The van der Waals surface area contributed by atoms with Gasteiger partial charge in [-0.3, -0.25) is 4.79 Å². The van der Waals surface area contributed by atoms with Crippen LogP contribution in [0.5, 0.6) is 0 Å². The van der Waals surface area contributed by atoms with Crippen molar-refractivity contribution in [3.63, 3.8) is 0 Å². The van der Waals surface area contributed by atoms with Gasteiger partial charge >= 0.3 is 5.97 Å². The van der Waals surface area contributed by atoms with Gasteiger partial charge in [-0.25, -0.2) is 17.9 Å². The van der Waals surface area contributed by atoms with E-state index in [0.29, 0.717) is 23.0 Å². The highest BCUT2D eigenvalue weighted by molar-refractivity contribution is 7.92. The van der Waals surface area contributed by atoms with Gasteiger partial charge in [0, 0.05) is 23.4 Å². The lowest BCUT2D eigenvalue weighted by Crippen LogP contribution is -2.13. The summed E-state index contributed by atoms with van der Waals surface area (Å²) in [6.45, 7) is 3.36. The number of nitrogens with zero attached hydrogens (tertiary/aromatic N) is 1. The fraction of sp³-hybridized carbons (Fsp3) is 0.133. The third-order valence-corrected chi connectivity index (χ3v) is 4.54. The SMILES string of the molecule is Cc1noc(NS(=O)(=O)c2ccc(NC(=O)C=CC(=O)O)cc2)c1C. The first kappa shape index (κ1) is 18.2. The van der Waals surface area contributed by atoms with E-state index < -0.39 is 21.9 Å². The number of carboxylic acids is 1. The summed E-state index contributed by atoms with van der Waals surface area (Å²) in [6.07, 6.45) is 1.54. The van der Waals surface area contributed by atoms with Crippen molar-refractivity contribution in [2.45, 2.75) is 18.7 Å². The number of hydrogen-bond donors (Lipinski definition) is 3. The van der Waals surface area contributed by atoms with Crippen molar-refractivity contribution in [1.29, 1.82) is 0 Å². The van der Waals surface area contributed by atoms with Gasteiger partial charge in [-0.05, 0) is 38.1 Å². The first-order chi connectivity index (χ1) is 11.7. The molecular weight excluding hydrogens is 350 g/mol. The van der Waals surface area contributed by atoms with Crippen LogP contribution >= 0.6 is 0 Å². The average Bonchev–Trinajstić information content (AvgIpc) is 2.85. The van der Waals surface area contributed by atoms with Gasteiger partial charge in [0.2, 0.25) is 11.8 Å². The third kappa shape index (κ3) is 4.67. The second kappa shape index (κ2) is 7.18. The van der Waals surface area contributed by atoms with Crippen LogP contribution in [0.3, 0.4) is 0 Å². The molecule has 1 aromatic carbocycles. The fourth-order valence-electron chi connectivity index (χ4n) is 1.74. The Balaban J connectivity index is 2.11. The van der Waals surface area contributed by atoms with Gasteiger partial charge in [0.05, 0.1) is 10.6 Å². The molecule has 0 radical (unpaired) electrons. The molecule has 0 bridgehead atoms. The van der Waals surface area contributed by atoms with Crippen molar-refractivity contribution in [3.05, 3.63) is 47.7 Å². The van der Waals surface area contributed by atoms with Gasteiger partial charge in [-0.1, -0.05) is 5.16 Å². The number of hydrogen-bond acceptors (Lipinski definition) is 6. The highest BCUT2D eigenvalue weighted by Crippen LogP contribution is 2.22. The smallest absolute Gasteiger partial charge is 0.328 e. The van der Waals surface area contributed by atoms with Crippen LogP contribution in [-0.2, 0) is 19.6 Å². The summed E-state index contributed by atoms with van der Waals surface area (Å²) in [6, 6.07) is 5.33. The number of aliphatic carboxylic acids is 1. The van der Waals surface area contributed by atoms with Crippen molar-refractivity contribution in [1.82, 2.24) is 5.16 Å². The Hall–Kier alpha value is -3.14. The Morgan fingerprint density at radius 2 is 1.80 bits per heavy atom. The molecule has 0 atom stereocenters. The highest BCUT2D eigenvalue weighted by Gasteiger charge is 2.19. The van der Waals surface area contributed by atoms with Crippen LogP contribution < -0.4 is 10.0 Å². The highest BCUT2D eigenvalue weighted by atomic mass is 32.2. The number of rotatable bonds is 6. The van der Waals surface area contributed by atoms with E-state index in [1.807, 2.05) is 0 Å². The number of aromatic nitrogens is 1. The molecule has 25 heavy (non-hydrogen) atoms. The molecule has 9 nitrogen and oxygen atoms in total. The normalized spacial score (nSPS) is 11.4. The summed E-state index contributed by atoms with van der Waals surface area (Å²) < 4.78 is 31.8. The number of carboxylic acid groups (broad SMARTS) is 1. The molecule has 0 saturated heterocycles. The topological polar surface area (TPSA) is 139 Å². The minimum Gasteiger partial charge on any atom is -0.478 e. The zero-order chi connectivity index (χ0) is 18.6. The quantitative estimate of drug-likeness (QED) is 0.662. The number of carbonyl (C=O) groups excluding carboxylic acids is 1. The van der Waals surface area contributed by atoms with Crippen molar-refractivity contribution in [3.8, 4) is 0 Å². The van der Waals surface area contributed by atoms with Gasteiger partial charge < -0.3 is 14.9 Å². The van der Waals surface area contributed by atoms with E-state index in [-0.39, 0.29) is 10.8 Å². The maximum absolute atomic E-state index is 12.3. The first-order valence-corrected chi connectivity index (χ1v) is 8.45. The molecule has 2 aromatic rings. The summed E-state index contributed by atoms with van der Waals surface area (Å²) in [5, 5.41) is 14.5. The van der Waals surface area contributed by atoms with Crippen LogP contribution in [-0.4, -0.2) is 30.6 Å². The fourth-order valence-corrected chi connectivity index (χ4v) is 2.79. The van der Waals surface area contributed by atoms with Crippen molar-refractivity contribution in [2.24, 2.45) is 0 Å². The lowest BCUT2D eigenvalue weighted by atomic mass is 10.3. The van der Waals surface area contributed by atoms with E-state index in [2.05, 4.69) is 15.2 Å². The zero-order valence-corrected chi connectivity index (χ0v) is 14.1. The average molecular weight is 365 g/mol. The van der Waals surface area contributed by atoms with Gasteiger partial charge in [0.25, 0.3) is 10.0 Å². The first-order valence-electron chi connectivity index (χ1n) is 6.97. The zero-order valence-electron chi connectivity index (χ0n) is 13.3. The molecule has 0 spiro atoms. The predicted molar refractivity (Wildman–Crippen MR) is 88.6 cm³/mol. The molecule has 10 heteroatoms. The van der Waals surface area contributed by atoms with Crippen LogP contribution in [0.15, 0.2) is 45.8 Å². The number of benzene rings is 1. The number of carbonyl (C=O) groups is 2. The summed E-state index contributed by atoms with van der Waals surface area (Å²) in [5.74, 6) is -1.86. The number of anilines is 2. The van der Waals surface area contributed by atoms with Gasteiger partial charge in [0.15, 0.2) is 0 Å². The minimum absolute atomic E-state index is 0.0358. The monoisotopic (exact) mass is 365 g/mol. The Kier molecular flexibility index (Phi) is 5.22. The van der Waals surface area contributed by atoms with Crippen molar-refractivity contribution < 1.29 is 27.6 Å². The largest absolute Gasteiger partial charge is 0.478 e. The second-order valence-electron chi connectivity index (χ2n) is 5.01. The van der Waals surface area contributed by atoms with Crippen molar-refractivity contribution >= 4 is 33.5 Å². The Morgan fingerprint density at radius 3 is 2.32 bits per heavy atom. The second-order valence-corrected chi connectivity index (χ2v) is 6.70. The third-order valence-electron chi connectivity index (χ3n) is 3.19. The summed E-state index contributed by atoms with van der Waals surface area (Å²) in [7, 11) is -3.88. The van der Waals surface area contributed by atoms with Gasteiger partial charge in [0.1, 0.15) is 0 Å². The van der Waals surface area contributed by atoms with E-state index in [9.17, 15) is 18.0 Å². The van der Waals surface area contributed by atoms with Crippen LogP contribution in [0.2, 0.25) is 0 Å². The van der Waals surface area contributed by atoms with E-state index in [1.165, 1.54) is 24.3 Å². The summed E-state index contributed by atoms with van der Waals surface area (Å²) >= 11 is 0. The molecule has 0 aliphatic rings. The van der Waals surface area contributed by atoms with Crippen LogP contribution in [0, 0.1) is 13.8 Å². The maximum Gasteiger partial charge on any atom is 0.328 e. The maximum atomic E-state index is 12.3. The van der Waals surface area contributed by atoms with Crippen LogP contribution in [0.4, 0.5) is 11.6 Å². The lowest BCUT2D eigenvalue weighted by molar-refractivity contribution is -0.131. The Labute approximate surface area is 143 Å². The standard InChI is InChI=1S/C15H15N3O6S/c1-9-10(2)17-24-15(9)18-25(22,23)12-5-3-11(4-6-12)16-13(19)7-8-14(20)21/h3-8,18H,1-2H3,(H,16,19)(H,20,21). The minimum atomic E-state index is -3.88. The molecule has 0 aliphatic carbocycles. The van der Waals surface area contributed by atoms with Gasteiger partial charge in [-0.15, -0.1) is 0 Å². The van der Waals surface area contributed by atoms with E-state index >= 15 is 0 Å². The van der Waals surface area contributed by atoms with Crippen molar-refractivity contribution in [2.75, 3.05) is 10.0 Å². The van der Waals surface area contributed by atoms with Crippen LogP contribution in [0.1, 0.15) is 11.3 Å². The van der Waals surface area contributed by atoms with E-state index in [4.69, 9.17) is 9.63 Å². The number of nitrogens with one attached hydrogen (secondary N) is 2. The number of aryl methyl sites for hydroxylation is 1. The molecule has 0 unspecified atom stereocenters. The molecule has 0 aliphatic heterocycles. The molecule has 3 N–H and O–H groups in total. The van der Waals surface area contributed by atoms with E-state index in [1.54, 1.807) is 13.8 Å². The summed E-state index contributed by atoms with van der Waals surface area (Å²) in [5.41, 5.74) is 1.47. The molecule has 0 saturated carbocycles. The van der Waals surface area contributed by atoms with Crippen LogP contribution in [0.25, 0.3) is 0 Å².